The summed E-state index contributed by atoms with van der Waals surface area (Å²) in [5.41, 5.74) is 0.676. The van der Waals surface area contributed by atoms with Gasteiger partial charge in [0.25, 0.3) is 0 Å². The van der Waals surface area contributed by atoms with E-state index in [1.165, 1.54) is 0 Å². The molecular weight excluding hydrogens is 255 g/mol. The van der Waals surface area contributed by atoms with Crippen molar-refractivity contribution in [1.82, 2.24) is 0 Å². The highest BCUT2D eigenvalue weighted by Crippen LogP contribution is 2.22. The van der Waals surface area contributed by atoms with Crippen molar-refractivity contribution in [3.05, 3.63) is 29.6 Å². The highest BCUT2D eigenvalue weighted by atomic mass is 19.1. The summed E-state index contributed by atoms with van der Waals surface area (Å²) < 4.78 is 19.5. The van der Waals surface area contributed by atoms with E-state index >= 15 is 0 Å². The molecule has 1 aromatic rings. The fraction of sp³-hybridized carbons (Fsp3) is 0.588. The Labute approximate surface area is 121 Å². The predicted octanol–water partition coefficient (Wildman–Crippen LogP) is 4.55. The first kappa shape index (κ1) is 16.7. The van der Waals surface area contributed by atoms with E-state index in [1.54, 1.807) is 12.1 Å². The number of aryl methyl sites for hydroxylation is 1. The molecule has 0 fully saturated rings. The van der Waals surface area contributed by atoms with E-state index in [4.69, 9.17) is 4.74 Å². The normalized spacial score (nSPS) is 10.8. The lowest BCUT2D eigenvalue weighted by Gasteiger charge is -2.09. The Kier molecular flexibility index (Phi) is 7.27. The Balaban J connectivity index is 2.46. The van der Waals surface area contributed by atoms with Gasteiger partial charge in [-0.25, -0.2) is 4.39 Å². The van der Waals surface area contributed by atoms with Crippen LogP contribution < -0.4 is 4.74 Å². The molecule has 0 spiro atoms. The van der Waals surface area contributed by atoms with Crippen molar-refractivity contribution in [3.63, 3.8) is 0 Å². The van der Waals surface area contributed by atoms with E-state index in [-0.39, 0.29) is 17.5 Å². The number of hydrogen-bond donors (Lipinski definition) is 0. The van der Waals surface area contributed by atoms with Gasteiger partial charge >= 0.3 is 0 Å². The van der Waals surface area contributed by atoms with Crippen LogP contribution in [0.15, 0.2) is 18.2 Å². The molecule has 1 aromatic carbocycles. The molecule has 0 atom stereocenters. The van der Waals surface area contributed by atoms with E-state index in [0.29, 0.717) is 30.8 Å². The maximum Gasteiger partial charge on any atom is 0.168 e. The molecule has 0 radical (unpaired) electrons. The van der Waals surface area contributed by atoms with Gasteiger partial charge in [0.05, 0.1) is 6.61 Å². The van der Waals surface area contributed by atoms with Gasteiger partial charge in [0.1, 0.15) is 5.78 Å². The van der Waals surface area contributed by atoms with Gasteiger partial charge in [0.2, 0.25) is 0 Å². The molecule has 0 saturated carbocycles. The van der Waals surface area contributed by atoms with E-state index in [0.717, 1.165) is 19.3 Å². The number of unbranched alkanes of at least 4 members (excludes halogenated alkanes) is 1. The topological polar surface area (TPSA) is 26.3 Å². The van der Waals surface area contributed by atoms with E-state index in [1.807, 2.05) is 26.8 Å². The molecule has 0 bridgehead atoms. The zero-order valence-corrected chi connectivity index (χ0v) is 12.7. The van der Waals surface area contributed by atoms with Crippen LogP contribution in [0.2, 0.25) is 0 Å². The summed E-state index contributed by atoms with van der Waals surface area (Å²) in [7, 11) is 0. The minimum Gasteiger partial charge on any atom is -0.491 e. The third-order valence-corrected chi connectivity index (χ3v) is 3.27. The van der Waals surface area contributed by atoms with Crippen LogP contribution in [0.25, 0.3) is 0 Å². The fourth-order valence-corrected chi connectivity index (χ4v) is 1.98. The first-order valence-corrected chi connectivity index (χ1v) is 7.49. The number of carbonyl (C=O) groups excluding carboxylic acids is 1. The Morgan fingerprint density at radius 2 is 2.05 bits per heavy atom. The lowest BCUT2D eigenvalue weighted by Crippen LogP contribution is -2.06. The number of ether oxygens (including phenoxy) is 1. The smallest absolute Gasteiger partial charge is 0.168 e. The van der Waals surface area contributed by atoms with Crippen molar-refractivity contribution in [2.75, 3.05) is 6.61 Å². The molecule has 0 aromatic heterocycles. The molecule has 20 heavy (non-hydrogen) atoms. The van der Waals surface area contributed by atoms with Gasteiger partial charge in [-0.3, -0.25) is 4.79 Å². The fourth-order valence-electron chi connectivity index (χ4n) is 1.98. The second-order valence-electron chi connectivity index (χ2n) is 5.41. The van der Waals surface area contributed by atoms with Gasteiger partial charge in [-0.15, -0.1) is 0 Å². The molecule has 2 nitrogen and oxygen atoms in total. The van der Waals surface area contributed by atoms with E-state index < -0.39 is 0 Å². The number of ketones is 1. The standard InChI is InChI=1S/C17H25FO2/c1-4-12-20-16-11-7-9-14(17(16)18)8-5-6-10-15(19)13(2)3/h7,9,11,13H,4-6,8,10,12H2,1-3H3. The first-order chi connectivity index (χ1) is 9.56. The lowest BCUT2D eigenvalue weighted by molar-refractivity contribution is -0.122. The number of benzene rings is 1. The molecule has 0 aliphatic rings. The average Bonchev–Trinajstić information content (AvgIpc) is 2.43. The van der Waals surface area contributed by atoms with Gasteiger partial charge in [0, 0.05) is 12.3 Å². The van der Waals surface area contributed by atoms with Crippen LogP contribution in [0.5, 0.6) is 5.75 Å². The molecule has 1 rings (SSSR count). The number of carbonyl (C=O) groups is 1. The number of halogens is 1. The molecule has 112 valence electrons. The average molecular weight is 280 g/mol. The Morgan fingerprint density at radius 3 is 2.70 bits per heavy atom. The zero-order chi connectivity index (χ0) is 15.0. The quantitative estimate of drug-likeness (QED) is 0.620. The largest absolute Gasteiger partial charge is 0.491 e. The van der Waals surface area contributed by atoms with Gasteiger partial charge in [-0.05, 0) is 37.3 Å². The highest BCUT2D eigenvalue weighted by molar-refractivity contribution is 5.80. The summed E-state index contributed by atoms with van der Waals surface area (Å²) in [5, 5.41) is 0. The van der Waals surface area contributed by atoms with Gasteiger partial charge in [0.15, 0.2) is 11.6 Å². The highest BCUT2D eigenvalue weighted by Gasteiger charge is 2.10. The van der Waals surface area contributed by atoms with Crippen LogP contribution in [-0.4, -0.2) is 12.4 Å². The van der Waals surface area contributed by atoms with Crippen molar-refractivity contribution in [3.8, 4) is 5.75 Å². The molecule has 0 amide bonds. The summed E-state index contributed by atoms with van der Waals surface area (Å²) in [6.45, 7) is 6.35. The molecule has 0 unspecified atom stereocenters. The Morgan fingerprint density at radius 1 is 1.30 bits per heavy atom. The third kappa shape index (κ3) is 5.32. The van der Waals surface area contributed by atoms with Gasteiger partial charge < -0.3 is 4.74 Å². The van der Waals surface area contributed by atoms with Crippen LogP contribution >= 0.6 is 0 Å². The maximum absolute atomic E-state index is 14.1. The third-order valence-electron chi connectivity index (χ3n) is 3.27. The summed E-state index contributed by atoms with van der Waals surface area (Å²) in [6, 6.07) is 5.28. The summed E-state index contributed by atoms with van der Waals surface area (Å²) in [4.78, 5) is 11.5. The van der Waals surface area contributed by atoms with Gasteiger partial charge in [-0.2, -0.15) is 0 Å². The lowest BCUT2D eigenvalue weighted by atomic mass is 10.0. The van der Waals surface area contributed by atoms with Crippen molar-refractivity contribution in [2.24, 2.45) is 5.92 Å². The van der Waals surface area contributed by atoms with E-state index in [2.05, 4.69) is 0 Å². The monoisotopic (exact) mass is 280 g/mol. The molecule has 3 heteroatoms. The molecule has 0 aliphatic heterocycles. The van der Waals surface area contributed by atoms with Crippen LogP contribution in [0.3, 0.4) is 0 Å². The summed E-state index contributed by atoms with van der Waals surface area (Å²) in [6.07, 6.45) is 3.75. The minimum atomic E-state index is -0.254. The van der Waals surface area contributed by atoms with Crippen molar-refractivity contribution in [1.29, 1.82) is 0 Å². The zero-order valence-electron chi connectivity index (χ0n) is 12.7. The van der Waals surface area contributed by atoms with Crippen molar-refractivity contribution < 1.29 is 13.9 Å². The second kappa shape index (κ2) is 8.72. The summed E-state index contributed by atoms with van der Waals surface area (Å²) in [5.74, 6) is 0.460. The van der Waals surface area contributed by atoms with Gasteiger partial charge in [-0.1, -0.05) is 32.9 Å². The summed E-state index contributed by atoms with van der Waals surface area (Å²) >= 11 is 0. The van der Waals surface area contributed by atoms with Crippen LogP contribution in [0, 0.1) is 11.7 Å². The Bertz CT molecular complexity index is 427. The predicted molar refractivity (Wildman–Crippen MR) is 79.6 cm³/mol. The molecule has 0 heterocycles. The SMILES string of the molecule is CCCOc1cccc(CCCCC(=O)C(C)C)c1F. The van der Waals surface area contributed by atoms with Crippen molar-refractivity contribution >= 4 is 5.78 Å². The molecule has 0 aliphatic carbocycles. The second-order valence-corrected chi connectivity index (χ2v) is 5.41. The molecule has 0 N–H and O–H groups in total. The molecular formula is C17H25FO2. The van der Waals surface area contributed by atoms with Crippen molar-refractivity contribution in [2.45, 2.75) is 52.9 Å². The number of rotatable bonds is 9. The number of Topliss-reactive ketones (excluding diaryl/α,β-unsaturated/α-hetero) is 1. The first-order valence-electron chi connectivity index (χ1n) is 7.49. The maximum atomic E-state index is 14.1. The number of hydrogen-bond acceptors (Lipinski definition) is 2. The van der Waals surface area contributed by atoms with Crippen LogP contribution in [-0.2, 0) is 11.2 Å². The minimum absolute atomic E-state index is 0.0949. The van der Waals surface area contributed by atoms with Crippen LogP contribution in [0.1, 0.15) is 52.0 Å². The van der Waals surface area contributed by atoms with Crippen LogP contribution in [0.4, 0.5) is 4.39 Å². The van der Waals surface area contributed by atoms with E-state index in [9.17, 15) is 9.18 Å². The molecule has 0 saturated heterocycles. The Hall–Kier alpha value is -1.38.